The first-order chi connectivity index (χ1) is 9.51. The first-order valence-electron chi connectivity index (χ1n) is 5.71. The summed E-state index contributed by atoms with van der Waals surface area (Å²) in [6.45, 7) is 0. The SMILES string of the molecule is COc1ccc(C(=O)Nc2cc(F)ccc2N)cc1Br. The Balaban J connectivity index is 2.24. The van der Waals surface area contributed by atoms with Crippen molar-refractivity contribution in [1.82, 2.24) is 0 Å². The third kappa shape index (κ3) is 3.08. The van der Waals surface area contributed by atoms with Crippen molar-refractivity contribution in [3.8, 4) is 5.75 Å². The number of hydrogen-bond donors (Lipinski definition) is 2. The summed E-state index contributed by atoms with van der Waals surface area (Å²) in [5.41, 5.74) is 6.62. The van der Waals surface area contributed by atoms with Gasteiger partial charge in [-0.15, -0.1) is 0 Å². The molecule has 4 nitrogen and oxygen atoms in total. The summed E-state index contributed by atoms with van der Waals surface area (Å²) < 4.78 is 18.9. The topological polar surface area (TPSA) is 64.3 Å². The largest absolute Gasteiger partial charge is 0.496 e. The zero-order valence-electron chi connectivity index (χ0n) is 10.6. The molecule has 0 saturated heterocycles. The van der Waals surface area contributed by atoms with E-state index in [9.17, 15) is 9.18 Å². The number of ether oxygens (including phenoxy) is 1. The molecule has 2 rings (SSSR count). The summed E-state index contributed by atoms with van der Waals surface area (Å²) in [6.07, 6.45) is 0. The van der Waals surface area contributed by atoms with Crippen molar-refractivity contribution < 1.29 is 13.9 Å². The summed E-state index contributed by atoms with van der Waals surface area (Å²) in [5.74, 6) is -0.233. The van der Waals surface area contributed by atoms with Crippen LogP contribution in [0, 0.1) is 5.82 Å². The minimum absolute atomic E-state index is 0.238. The number of anilines is 2. The summed E-state index contributed by atoms with van der Waals surface area (Å²) in [6, 6.07) is 8.68. The van der Waals surface area contributed by atoms with E-state index in [0.29, 0.717) is 21.5 Å². The second-order valence-electron chi connectivity index (χ2n) is 4.04. The molecule has 0 bridgehead atoms. The Bertz CT molecular complexity index is 662. The smallest absolute Gasteiger partial charge is 0.255 e. The Labute approximate surface area is 123 Å². The fourth-order valence-electron chi connectivity index (χ4n) is 1.64. The van der Waals surface area contributed by atoms with E-state index in [1.807, 2.05) is 0 Å². The van der Waals surface area contributed by atoms with Gasteiger partial charge in [0.1, 0.15) is 11.6 Å². The number of carbonyl (C=O) groups is 1. The lowest BCUT2D eigenvalue weighted by Gasteiger charge is -2.09. The fourth-order valence-corrected chi connectivity index (χ4v) is 2.18. The lowest BCUT2D eigenvalue weighted by molar-refractivity contribution is 0.102. The van der Waals surface area contributed by atoms with Gasteiger partial charge < -0.3 is 15.8 Å². The molecule has 3 N–H and O–H groups in total. The number of halogens is 2. The Morgan fingerprint density at radius 2 is 2.05 bits per heavy atom. The normalized spacial score (nSPS) is 10.2. The van der Waals surface area contributed by atoms with Gasteiger partial charge in [-0.2, -0.15) is 0 Å². The van der Waals surface area contributed by atoms with Crippen LogP contribution < -0.4 is 15.8 Å². The molecule has 0 atom stereocenters. The van der Waals surface area contributed by atoms with Crippen LogP contribution in [0.5, 0.6) is 5.75 Å². The minimum atomic E-state index is -0.467. The second kappa shape index (κ2) is 5.92. The molecule has 0 fully saturated rings. The van der Waals surface area contributed by atoms with Gasteiger partial charge in [0.25, 0.3) is 5.91 Å². The van der Waals surface area contributed by atoms with Crippen molar-refractivity contribution in [2.45, 2.75) is 0 Å². The van der Waals surface area contributed by atoms with Gasteiger partial charge in [0.15, 0.2) is 0 Å². The number of nitrogens with two attached hydrogens (primary N) is 1. The van der Waals surface area contributed by atoms with Crippen LogP contribution in [0.1, 0.15) is 10.4 Å². The monoisotopic (exact) mass is 338 g/mol. The molecule has 0 radical (unpaired) electrons. The van der Waals surface area contributed by atoms with Crippen molar-refractivity contribution in [1.29, 1.82) is 0 Å². The van der Waals surface area contributed by atoms with Gasteiger partial charge in [-0.05, 0) is 52.3 Å². The number of methoxy groups -OCH3 is 1. The number of nitrogen functional groups attached to an aromatic ring is 1. The Morgan fingerprint density at radius 3 is 2.70 bits per heavy atom. The van der Waals surface area contributed by atoms with Gasteiger partial charge in [0, 0.05) is 5.56 Å². The van der Waals surface area contributed by atoms with Gasteiger partial charge >= 0.3 is 0 Å². The van der Waals surface area contributed by atoms with Crippen LogP contribution in [0.2, 0.25) is 0 Å². The lowest BCUT2D eigenvalue weighted by atomic mass is 10.2. The van der Waals surface area contributed by atoms with Crippen LogP contribution in [0.15, 0.2) is 40.9 Å². The molecule has 0 aliphatic carbocycles. The predicted molar refractivity (Wildman–Crippen MR) is 79.5 cm³/mol. The molecule has 2 aromatic rings. The maximum absolute atomic E-state index is 13.1. The van der Waals surface area contributed by atoms with Crippen LogP contribution >= 0.6 is 15.9 Å². The van der Waals surface area contributed by atoms with Gasteiger partial charge in [0.2, 0.25) is 0 Å². The molecular formula is C14H12BrFN2O2. The molecule has 104 valence electrons. The summed E-state index contributed by atoms with van der Waals surface area (Å²) in [4.78, 5) is 12.1. The van der Waals surface area contributed by atoms with E-state index in [-0.39, 0.29) is 11.6 Å². The van der Waals surface area contributed by atoms with Crippen molar-refractivity contribution in [2.75, 3.05) is 18.2 Å². The molecule has 0 aromatic heterocycles. The van der Waals surface area contributed by atoms with Gasteiger partial charge in [-0.3, -0.25) is 4.79 Å². The van der Waals surface area contributed by atoms with E-state index in [2.05, 4.69) is 21.2 Å². The molecule has 0 aliphatic rings. The van der Waals surface area contributed by atoms with Crippen LogP contribution in [0.25, 0.3) is 0 Å². The summed E-state index contributed by atoms with van der Waals surface area (Å²) in [5, 5.41) is 2.57. The van der Waals surface area contributed by atoms with Crippen LogP contribution in [0.3, 0.4) is 0 Å². The average molecular weight is 339 g/mol. The quantitative estimate of drug-likeness (QED) is 0.842. The average Bonchev–Trinajstić information content (AvgIpc) is 2.42. The first kappa shape index (κ1) is 14.3. The molecule has 6 heteroatoms. The second-order valence-corrected chi connectivity index (χ2v) is 4.89. The number of carbonyl (C=O) groups excluding carboxylic acids is 1. The number of amides is 1. The predicted octanol–water partition coefficient (Wildman–Crippen LogP) is 3.43. The molecule has 0 spiro atoms. The van der Waals surface area contributed by atoms with Crippen molar-refractivity contribution in [2.24, 2.45) is 0 Å². The molecular weight excluding hydrogens is 327 g/mol. The minimum Gasteiger partial charge on any atom is -0.496 e. The van der Waals surface area contributed by atoms with Crippen LogP contribution in [-0.2, 0) is 0 Å². The molecule has 0 aliphatic heterocycles. The van der Waals surface area contributed by atoms with E-state index in [1.165, 1.54) is 25.3 Å². The molecule has 0 unspecified atom stereocenters. The molecule has 2 aromatic carbocycles. The summed E-state index contributed by atoms with van der Waals surface area (Å²) >= 11 is 3.30. The first-order valence-corrected chi connectivity index (χ1v) is 6.50. The van der Waals surface area contributed by atoms with Crippen molar-refractivity contribution >= 4 is 33.2 Å². The zero-order chi connectivity index (χ0) is 14.7. The van der Waals surface area contributed by atoms with E-state index < -0.39 is 5.82 Å². The Kier molecular flexibility index (Phi) is 4.24. The maximum atomic E-state index is 13.1. The molecule has 20 heavy (non-hydrogen) atoms. The zero-order valence-corrected chi connectivity index (χ0v) is 12.2. The van der Waals surface area contributed by atoms with Gasteiger partial charge in [-0.1, -0.05) is 0 Å². The number of benzene rings is 2. The van der Waals surface area contributed by atoms with E-state index in [4.69, 9.17) is 10.5 Å². The fraction of sp³-hybridized carbons (Fsp3) is 0.0714. The van der Waals surface area contributed by atoms with Crippen molar-refractivity contribution in [3.05, 3.63) is 52.3 Å². The molecule has 1 amide bonds. The highest BCUT2D eigenvalue weighted by Crippen LogP contribution is 2.26. The number of hydrogen-bond acceptors (Lipinski definition) is 3. The molecule has 0 saturated carbocycles. The standard InChI is InChI=1S/C14H12BrFN2O2/c1-20-13-5-2-8(6-10(13)15)14(19)18-12-7-9(16)3-4-11(12)17/h2-7H,17H2,1H3,(H,18,19). The van der Waals surface area contributed by atoms with E-state index >= 15 is 0 Å². The van der Waals surface area contributed by atoms with Gasteiger partial charge in [-0.25, -0.2) is 4.39 Å². The molecule has 0 heterocycles. The highest BCUT2D eigenvalue weighted by molar-refractivity contribution is 9.10. The third-order valence-corrected chi connectivity index (χ3v) is 3.30. The highest BCUT2D eigenvalue weighted by Gasteiger charge is 2.11. The van der Waals surface area contributed by atoms with Crippen LogP contribution in [0.4, 0.5) is 15.8 Å². The Hall–Kier alpha value is -2.08. The van der Waals surface area contributed by atoms with Crippen molar-refractivity contribution in [3.63, 3.8) is 0 Å². The van der Waals surface area contributed by atoms with Gasteiger partial charge in [0.05, 0.1) is 23.0 Å². The number of rotatable bonds is 3. The van der Waals surface area contributed by atoms with E-state index in [1.54, 1.807) is 18.2 Å². The number of nitrogens with one attached hydrogen (secondary N) is 1. The van der Waals surface area contributed by atoms with Crippen LogP contribution in [-0.4, -0.2) is 13.0 Å². The summed E-state index contributed by atoms with van der Waals surface area (Å²) in [7, 11) is 1.54. The highest BCUT2D eigenvalue weighted by atomic mass is 79.9. The third-order valence-electron chi connectivity index (χ3n) is 2.68. The van der Waals surface area contributed by atoms with E-state index in [0.717, 1.165) is 0 Å². The maximum Gasteiger partial charge on any atom is 0.255 e. The lowest BCUT2D eigenvalue weighted by Crippen LogP contribution is -2.13. The Morgan fingerprint density at radius 1 is 1.30 bits per heavy atom.